The molecule has 8 nitrogen and oxygen atoms in total. The number of amides is 1. The molecule has 0 bridgehead atoms. The standard InChI is InChI=1S/C20H24N6O2/c1-25-11-7-14(13-25)17-18-19(22-9-8-21-18)26(24-17)12-10-23-20(27)15-5-3-4-6-16(15)28-2/h3-6,8-9,14H,7,10-13H2,1-2H3,(H,23,27)/t14-/m1/s1. The summed E-state index contributed by atoms with van der Waals surface area (Å²) in [6.45, 7) is 3.01. The van der Waals surface area contributed by atoms with E-state index in [9.17, 15) is 4.79 Å². The summed E-state index contributed by atoms with van der Waals surface area (Å²) in [6, 6.07) is 7.18. The highest BCUT2D eigenvalue weighted by Crippen LogP contribution is 2.29. The van der Waals surface area contributed by atoms with E-state index >= 15 is 0 Å². The van der Waals surface area contributed by atoms with Crippen LogP contribution in [-0.2, 0) is 6.54 Å². The number of carbonyl (C=O) groups excluding carboxylic acids is 1. The molecule has 1 aliphatic heterocycles. The number of hydrogen-bond acceptors (Lipinski definition) is 6. The molecule has 1 atom stereocenters. The second-order valence-electron chi connectivity index (χ2n) is 7.04. The SMILES string of the molecule is COc1ccccc1C(=O)NCCn1nc([C@@H]2CCN(C)C2)c2nccnc21. The van der Waals surface area contributed by atoms with Gasteiger partial charge in [0.05, 0.1) is 24.9 Å². The average Bonchev–Trinajstić information content (AvgIpc) is 3.31. The van der Waals surface area contributed by atoms with E-state index in [1.54, 1.807) is 31.6 Å². The highest BCUT2D eigenvalue weighted by molar-refractivity contribution is 5.96. The molecule has 3 aromatic rings. The number of likely N-dealkylation sites (N-methyl/N-ethyl adjacent to an activating group) is 1. The van der Waals surface area contributed by atoms with Gasteiger partial charge in [-0.1, -0.05) is 12.1 Å². The predicted molar refractivity (Wildman–Crippen MR) is 106 cm³/mol. The molecule has 1 fully saturated rings. The summed E-state index contributed by atoms with van der Waals surface area (Å²) < 4.78 is 7.10. The predicted octanol–water partition coefficient (Wildman–Crippen LogP) is 1.68. The summed E-state index contributed by atoms with van der Waals surface area (Å²) in [6.07, 6.45) is 4.46. The number of para-hydroxylation sites is 1. The minimum Gasteiger partial charge on any atom is -0.496 e. The van der Waals surface area contributed by atoms with Gasteiger partial charge in [0.25, 0.3) is 5.91 Å². The second-order valence-corrected chi connectivity index (χ2v) is 7.04. The Morgan fingerprint density at radius 1 is 1.29 bits per heavy atom. The quantitative estimate of drug-likeness (QED) is 0.700. The van der Waals surface area contributed by atoms with Gasteiger partial charge < -0.3 is 15.0 Å². The molecule has 2 aromatic heterocycles. The number of nitrogens with one attached hydrogen (secondary N) is 1. The number of hydrogen-bond donors (Lipinski definition) is 1. The number of fused-ring (bicyclic) bond motifs is 1. The molecule has 1 saturated heterocycles. The zero-order chi connectivity index (χ0) is 19.5. The van der Waals surface area contributed by atoms with Gasteiger partial charge in [0.15, 0.2) is 5.65 Å². The second kappa shape index (κ2) is 7.93. The van der Waals surface area contributed by atoms with E-state index in [0.717, 1.165) is 36.4 Å². The van der Waals surface area contributed by atoms with Gasteiger partial charge in [0, 0.05) is 31.4 Å². The fourth-order valence-corrected chi connectivity index (χ4v) is 3.72. The van der Waals surface area contributed by atoms with Crippen molar-refractivity contribution in [1.82, 2.24) is 30.0 Å². The Hall–Kier alpha value is -3.00. The Bertz CT molecular complexity index is 986. The number of aromatic nitrogens is 4. The van der Waals surface area contributed by atoms with Crippen LogP contribution in [0.4, 0.5) is 0 Å². The zero-order valence-electron chi connectivity index (χ0n) is 16.1. The maximum Gasteiger partial charge on any atom is 0.255 e. The van der Waals surface area contributed by atoms with Gasteiger partial charge >= 0.3 is 0 Å². The minimum atomic E-state index is -0.169. The van der Waals surface area contributed by atoms with E-state index in [4.69, 9.17) is 9.84 Å². The van der Waals surface area contributed by atoms with Gasteiger partial charge in [-0.3, -0.25) is 4.79 Å². The van der Waals surface area contributed by atoms with Crippen LogP contribution < -0.4 is 10.1 Å². The van der Waals surface area contributed by atoms with E-state index in [1.807, 2.05) is 16.8 Å². The third kappa shape index (κ3) is 3.55. The Morgan fingerprint density at radius 3 is 2.89 bits per heavy atom. The molecule has 1 aliphatic rings. The van der Waals surface area contributed by atoms with Gasteiger partial charge in [-0.05, 0) is 32.1 Å². The summed E-state index contributed by atoms with van der Waals surface area (Å²) in [7, 11) is 3.68. The van der Waals surface area contributed by atoms with Gasteiger partial charge in [-0.2, -0.15) is 5.10 Å². The molecule has 0 spiro atoms. The Balaban J connectivity index is 1.49. The average molecular weight is 380 g/mol. The molecule has 146 valence electrons. The summed E-state index contributed by atoms with van der Waals surface area (Å²) in [4.78, 5) is 23.8. The Labute approximate surface area is 163 Å². The van der Waals surface area contributed by atoms with Gasteiger partial charge in [0.1, 0.15) is 11.3 Å². The molecule has 0 unspecified atom stereocenters. The van der Waals surface area contributed by atoms with Gasteiger partial charge in [-0.25, -0.2) is 14.6 Å². The van der Waals surface area contributed by atoms with Crippen molar-refractivity contribution in [3.63, 3.8) is 0 Å². The number of nitrogens with zero attached hydrogens (tertiary/aromatic N) is 5. The van der Waals surface area contributed by atoms with E-state index in [1.165, 1.54) is 0 Å². The third-order valence-corrected chi connectivity index (χ3v) is 5.13. The van der Waals surface area contributed by atoms with Crippen LogP contribution in [0.1, 0.15) is 28.4 Å². The first-order valence-electron chi connectivity index (χ1n) is 9.44. The van der Waals surface area contributed by atoms with Crippen LogP contribution in [0.5, 0.6) is 5.75 Å². The van der Waals surface area contributed by atoms with Crippen LogP contribution in [0.3, 0.4) is 0 Å². The first kappa shape index (κ1) is 18.4. The molecule has 1 amide bonds. The Morgan fingerprint density at radius 2 is 2.11 bits per heavy atom. The first-order valence-corrected chi connectivity index (χ1v) is 9.44. The van der Waals surface area contributed by atoms with Crippen LogP contribution in [-0.4, -0.2) is 64.3 Å². The number of carbonyl (C=O) groups is 1. The molecule has 1 aromatic carbocycles. The summed E-state index contributed by atoms with van der Waals surface area (Å²) in [5.41, 5.74) is 3.14. The molecule has 1 N–H and O–H groups in total. The lowest BCUT2D eigenvalue weighted by Crippen LogP contribution is -2.28. The lowest BCUT2D eigenvalue weighted by molar-refractivity contribution is 0.0949. The highest BCUT2D eigenvalue weighted by atomic mass is 16.5. The smallest absolute Gasteiger partial charge is 0.255 e. The van der Waals surface area contributed by atoms with Crippen molar-refractivity contribution < 1.29 is 9.53 Å². The number of likely N-dealkylation sites (tertiary alicyclic amines) is 1. The summed E-state index contributed by atoms with van der Waals surface area (Å²) in [5.74, 6) is 0.759. The minimum absolute atomic E-state index is 0.169. The lowest BCUT2D eigenvalue weighted by atomic mass is 10.0. The molecule has 28 heavy (non-hydrogen) atoms. The molecule has 0 aliphatic carbocycles. The molecular formula is C20H24N6O2. The molecule has 4 rings (SSSR count). The van der Waals surface area contributed by atoms with E-state index < -0.39 is 0 Å². The fourth-order valence-electron chi connectivity index (χ4n) is 3.72. The number of rotatable bonds is 6. The van der Waals surface area contributed by atoms with Crippen LogP contribution in [0.25, 0.3) is 11.2 Å². The largest absolute Gasteiger partial charge is 0.496 e. The maximum atomic E-state index is 12.5. The van der Waals surface area contributed by atoms with Crippen LogP contribution >= 0.6 is 0 Å². The van der Waals surface area contributed by atoms with E-state index in [0.29, 0.717) is 30.3 Å². The Kier molecular flexibility index (Phi) is 5.21. The first-order chi connectivity index (χ1) is 13.7. The van der Waals surface area contributed by atoms with Crippen LogP contribution in [0.2, 0.25) is 0 Å². The van der Waals surface area contributed by atoms with E-state index in [2.05, 4.69) is 27.2 Å². The number of methoxy groups -OCH3 is 1. The molecule has 3 heterocycles. The van der Waals surface area contributed by atoms with Crippen molar-refractivity contribution in [3.8, 4) is 5.75 Å². The zero-order valence-corrected chi connectivity index (χ0v) is 16.1. The van der Waals surface area contributed by atoms with Crippen LogP contribution in [0, 0.1) is 0 Å². The highest BCUT2D eigenvalue weighted by Gasteiger charge is 2.27. The lowest BCUT2D eigenvalue weighted by Gasteiger charge is -2.09. The maximum absolute atomic E-state index is 12.5. The number of benzene rings is 1. The fraction of sp³-hybridized carbons (Fsp3) is 0.400. The molecular weight excluding hydrogens is 356 g/mol. The van der Waals surface area contributed by atoms with Gasteiger partial charge in [-0.15, -0.1) is 0 Å². The van der Waals surface area contributed by atoms with Crippen molar-refractivity contribution >= 4 is 17.1 Å². The topological polar surface area (TPSA) is 85.2 Å². The van der Waals surface area contributed by atoms with Crippen molar-refractivity contribution in [2.24, 2.45) is 0 Å². The monoisotopic (exact) mass is 380 g/mol. The van der Waals surface area contributed by atoms with Crippen molar-refractivity contribution in [3.05, 3.63) is 47.9 Å². The van der Waals surface area contributed by atoms with Crippen molar-refractivity contribution in [1.29, 1.82) is 0 Å². The van der Waals surface area contributed by atoms with E-state index in [-0.39, 0.29) is 5.91 Å². The van der Waals surface area contributed by atoms with Gasteiger partial charge in [0.2, 0.25) is 0 Å². The molecule has 0 radical (unpaired) electrons. The molecule has 8 heteroatoms. The summed E-state index contributed by atoms with van der Waals surface area (Å²) in [5, 5.41) is 7.73. The van der Waals surface area contributed by atoms with Crippen LogP contribution in [0.15, 0.2) is 36.7 Å². The third-order valence-electron chi connectivity index (χ3n) is 5.13. The molecule has 0 saturated carbocycles. The van der Waals surface area contributed by atoms with Crippen molar-refractivity contribution in [2.45, 2.75) is 18.9 Å². The van der Waals surface area contributed by atoms with Crippen molar-refractivity contribution in [2.75, 3.05) is 33.8 Å². The number of ether oxygens (including phenoxy) is 1. The summed E-state index contributed by atoms with van der Waals surface area (Å²) >= 11 is 0. The normalized spacial score (nSPS) is 17.1.